The van der Waals surface area contributed by atoms with Crippen molar-refractivity contribution < 1.29 is 37.3 Å². The van der Waals surface area contributed by atoms with Crippen LogP contribution in [-0.2, 0) is 39.7 Å². The van der Waals surface area contributed by atoms with Crippen molar-refractivity contribution in [3.05, 3.63) is 118 Å². The van der Waals surface area contributed by atoms with Crippen molar-refractivity contribution in [1.29, 1.82) is 0 Å². The maximum atomic E-state index is 14.1. The second-order valence-corrected chi connectivity index (χ2v) is 22.3. The quantitative estimate of drug-likeness (QED) is 0.110. The van der Waals surface area contributed by atoms with E-state index in [0.717, 1.165) is 90.7 Å². The fourth-order valence-electron chi connectivity index (χ4n) is 10.8. The summed E-state index contributed by atoms with van der Waals surface area (Å²) in [6.45, 7) is 10.3. The first-order valence-electron chi connectivity index (χ1n) is 23.0. The van der Waals surface area contributed by atoms with E-state index < -0.39 is 21.7 Å². The molecule has 3 unspecified atom stereocenters. The topological polar surface area (TPSA) is 115 Å². The van der Waals surface area contributed by atoms with Crippen LogP contribution in [0.3, 0.4) is 0 Å². The molecule has 0 amide bonds. The minimum absolute atomic E-state index is 0.0379. The van der Waals surface area contributed by atoms with E-state index in [9.17, 15) is 18.3 Å². The molecule has 0 radical (unpaired) electrons. The first kappa shape index (κ1) is 46.2. The fraction of sp³-hybridized carbons (Fsp3) is 0.519. The van der Waals surface area contributed by atoms with Gasteiger partial charge in [0.1, 0.15) is 22.8 Å². The molecule has 4 aromatic carbocycles. The van der Waals surface area contributed by atoms with Crippen LogP contribution in [0.15, 0.2) is 84.9 Å². The summed E-state index contributed by atoms with van der Waals surface area (Å²) in [5.74, 6) is 2.94. The van der Waals surface area contributed by atoms with Crippen LogP contribution in [0.25, 0.3) is 0 Å². The zero-order valence-corrected chi connectivity index (χ0v) is 39.8. The van der Waals surface area contributed by atoms with E-state index in [2.05, 4.69) is 24.0 Å². The molecule has 12 heteroatoms. The number of anilines is 1. The van der Waals surface area contributed by atoms with Crippen LogP contribution in [0.4, 0.5) is 5.69 Å². The first-order chi connectivity index (χ1) is 30.6. The fourth-order valence-corrected chi connectivity index (χ4v) is 12.4. The first-order valence-corrected chi connectivity index (χ1v) is 25.0. The van der Waals surface area contributed by atoms with Gasteiger partial charge in [0.2, 0.25) is 10.0 Å². The van der Waals surface area contributed by atoms with Gasteiger partial charge in [-0.15, -0.1) is 0 Å². The molecule has 1 aliphatic heterocycles. The number of ether oxygens (including phenoxy) is 4. The minimum Gasteiger partial charge on any atom is -0.497 e. The third kappa shape index (κ3) is 10.2. The van der Waals surface area contributed by atoms with Gasteiger partial charge in [-0.05, 0) is 172 Å². The van der Waals surface area contributed by atoms with Gasteiger partial charge in [-0.25, -0.2) is 13.2 Å². The number of esters is 1. The van der Waals surface area contributed by atoms with E-state index in [1.54, 1.807) is 24.6 Å². The molecule has 4 aromatic rings. The van der Waals surface area contributed by atoms with Crippen LogP contribution in [0.1, 0.15) is 98.8 Å². The summed E-state index contributed by atoms with van der Waals surface area (Å²) in [7, 11) is -0.400. The van der Waals surface area contributed by atoms with Crippen molar-refractivity contribution in [2.24, 2.45) is 29.6 Å². The molecule has 3 aliphatic carbocycles. The zero-order chi connectivity index (χ0) is 45.4. The molecule has 0 saturated heterocycles. The molecule has 64 heavy (non-hydrogen) atoms. The van der Waals surface area contributed by atoms with Gasteiger partial charge < -0.3 is 29.0 Å². The molecule has 0 aromatic heterocycles. The summed E-state index contributed by atoms with van der Waals surface area (Å²) >= 11 is 6.51. The minimum atomic E-state index is -3.63. The zero-order valence-electron chi connectivity index (χ0n) is 38.2. The van der Waals surface area contributed by atoms with Gasteiger partial charge >= 0.3 is 5.97 Å². The van der Waals surface area contributed by atoms with Crippen LogP contribution < -0.4 is 19.1 Å². The molecule has 1 heterocycles. The molecule has 2 saturated carbocycles. The van der Waals surface area contributed by atoms with Gasteiger partial charge in [-0.2, -0.15) is 4.31 Å². The van der Waals surface area contributed by atoms with E-state index in [4.69, 9.17) is 30.5 Å². The van der Waals surface area contributed by atoms with E-state index in [1.807, 2.05) is 87.5 Å². The maximum Gasteiger partial charge on any atom is 0.338 e. The van der Waals surface area contributed by atoms with Crippen molar-refractivity contribution >= 4 is 33.3 Å². The van der Waals surface area contributed by atoms with E-state index in [0.29, 0.717) is 24.5 Å². The number of hydrogen-bond donors (Lipinski definition) is 1. The Hall–Kier alpha value is -4.29. The lowest BCUT2D eigenvalue weighted by Gasteiger charge is -2.46. The maximum absolute atomic E-state index is 14.1. The van der Waals surface area contributed by atoms with Crippen molar-refractivity contribution in [1.82, 2.24) is 4.31 Å². The third-order valence-electron chi connectivity index (χ3n) is 14.4. The lowest BCUT2D eigenvalue weighted by atomic mass is 9.67. The highest BCUT2D eigenvalue weighted by molar-refractivity contribution is 7.89. The Kier molecular flexibility index (Phi) is 13.7. The summed E-state index contributed by atoms with van der Waals surface area (Å²) in [6.07, 6.45) is 5.72. The second-order valence-electron chi connectivity index (χ2n) is 19.8. The largest absolute Gasteiger partial charge is 0.497 e. The molecule has 1 N–H and O–H groups in total. The normalized spacial score (nSPS) is 24.5. The summed E-state index contributed by atoms with van der Waals surface area (Å²) in [4.78, 5) is 15.8. The number of aliphatic hydroxyl groups excluding tert-OH is 1. The Balaban J connectivity index is 0.951. The number of sulfonamides is 1. The number of methoxy groups -OCH3 is 2. The molecular weight excluding hydrogens is 848 g/mol. The number of rotatable bonds is 16. The summed E-state index contributed by atoms with van der Waals surface area (Å²) in [5.41, 5.74) is 4.79. The predicted molar refractivity (Wildman–Crippen MR) is 252 cm³/mol. The van der Waals surface area contributed by atoms with Crippen molar-refractivity contribution in [2.45, 2.75) is 103 Å². The highest BCUT2D eigenvalue weighted by atomic mass is 35.5. The number of aryl methyl sites for hydroxylation is 1. The third-order valence-corrected chi connectivity index (χ3v) is 16.5. The van der Waals surface area contributed by atoms with Crippen molar-refractivity contribution in [3.8, 4) is 17.2 Å². The highest BCUT2D eigenvalue weighted by Gasteiger charge is 2.55. The summed E-state index contributed by atoms with van der Waals surface area (Å²) < 4.78 is 52.9. The number of carbonyl (C=O) groups excluding carboxylic acids is 1. The van der Waals surface area contributed by atoms with Crippen LogP contribution in [0.5, 0.6) is 17.2 Å². The van der Waals surface area contributed by atoms with E-state index >= 15 is 0 Å². The Morgan fingerprint density at radius 2 is 1.62 bits per heavy atom. The molecule has 7 atom stereocenters. The number of fused-ring (bicyclic) bond motifs is 3. The monoisotopic (exact) mass is 912 g/mol. The van der Waals surface area contributed by atoms with Gasteiger partial charge in [-0.1, -0.05) is 48.9 Å². The summed E-state index contributed by atoms with van der Waals surface area (Å²) in [5, 5.41) is 12.9. The Labute approximate surface area is 385 Å². The predicted octanol–water partition coefficient (Wildman–Crippen LogP) is 9.87. The molecule has 8 rings (SSSR count). The van der Waals surface area contributed by atoms with Crippen LogP contribution in [0, 0.1) is 29.6 Å². The number of nitrogens with zero attached hydrogens (tertiary/aromatic N) is 2. The summed E-state index contributed by atoms with van der Waals surface area (Å²) in [6, 6.07) is 26.9. The molecule has 344 valence electrons. The van der Waals surface area contributed by atoms with Crippen LogP contribution in [-0.4, -0.2) is 75.2 Å². The highest BCUT2D eigenvalue weighted by Crippen LogP contribution is 2.56. The molecule has 1 spiro atoms. The molecule has 0 bridgehead atoms. The lowest BCUT2D eigenvalue weighted by Crippen LogP contribution is -2.50. The molecule has 4 aliphatic rings. The van der Waals surface area contributed by atoms with Crippen LogP contribution in [0.2, 0.25) is 5.02 Å². The van der Waals surface area contributed by atoms with Crippen molar-refractivity contribution in [3.63, 3.8) is 0 Å². The van der Waals surface area contributed by atoms with Gasteiger partial charge in [0.25, 0.3) is 0 Å². The standard InChI is InChI=1S/C52H65ClN2O8S/c1-34-43(10-8-26-64(58,59)55(29-35-11-18-41(60-5)19-12-35)30-36-13-20-42(61-6)21-14-36)48(34)49(56)44-22-15-39(44)31-54-32-52(25-7-9-37-27-40(53)17-23-45(37)52)33-62-47-24-16-38(28-46(47)54)50(57)63-51(2,3)4/h11-14,16-21,23-24,27-28,34,39,43-44,48-49,56H,7-10,15,22,25-26,29-33H2,1-6H3/t34?,39-,43?,44+,48?,49+,52-/m0/s1. The van der Waals surface area contributed by atoms with Crippen LogP contribution >= 0.6 is 11.6 Å². The number of halogens is 1. The van der Waals surface area contributed by atoms with E-state index in [1.165, 1.54) is 11.1 Å². The van der Waals surface area contributed by atoms with Crippen molar-refractivity contribution in [2.75, 3.05) is 44.6 Å². The van der Waals surface area contributed by atoms with Gasteiger partial charge in [-0.3, -0.25) is 0 Å². The number of aliphatic hydroxyl groups is 1. The lowest BCUT2D eigenvalue weighted by molar-refractivity contribution is -0.00400. The molecule has 10 nitrogen and oxygen atoms in total. The number of hydrogen-bond acceptors (Lipinski definition) is 9. The molecular formula is C52H65ClN2O8S. The van der Waals surface area contributed by atoms with Gasteiger partial charge in [0, 0.05) is 36.6 Å². The van der Waals surface area contributed by atoms with Gasteiger partial charge in [0.15, 0.2) is 0 Å². The smallest absolute Gasteiger partial charge is 0.338 e. The molecule has 2 fully saturated rings. The second kappa shape index (κ2) is 18.9. The average Bonchev–Trinajstić information content (AvgIpc) is 3.94. The number of carbonyl (C=O) groups is 1. The Bertz CT molecular complexity index is 2340. The Morgan fingerprint density at radius 1 is 0.953 bits per heavy atom. The average molecular weight is 914 g/mol. The van der Waals surface area contributed by atoms with Gasteiger partial charge in [0.05, 0.1) is 43.9 Å². The Morgan fingerprint density at radius 3 is 2.23 bits per heavy atom. The number of benzene rings is 4. The van der Waals surface area contributed by atoms with E-state index in [-0.39, 0.29) is 53.9 Å². The SMILES string of the molecule is COc1ccc(CN(Cc2ccc(OC)cc2)S(=O)(=O)CCCC2C(C)C2[C@H](O)[C@@H]2CC[C@H]2CN2C[C@@]3(CCCc4cc(Cl)ccc43)COc3ccc(C(=O)OC(C)(C)C)cc32)cc1.